The van der Waals surface area contributed by atoms with Crippen molar-refractivity contribution in [2.75, 3.05) is 30.3 Å². The van der Waals surface area contributed by atoms with Crippen LogP contribution in [0.4, 0.5) is 11.4 Å². The third-order valence-corrected chi connectivity index (χ3v) is 5.89. The van der Waals surface area contributed by atoms with E-state index in [2.05, 4.69) is 29.4 Å². The summed E-state index contributed by atoms with van der Waals surface area (Å²) in [6.07, 6.45) is 1.54. The first-order valence-electron chi connectivity index (χ1n) is 10.3. The zero-order valence-corrected chi connectivity index (χ0v) is 17.8. The van der Waals surface area contributed by atoms with E-state index in [9.17, 15) is 9.59 Å². The van der Waals surface area contributed by atoms with Gasteiger partial charge in [-0.2, -0.15) is 0 Å². The van der Waals surface area contributed by atoms with Gasteiger partial charge in [0.25, 0.3) is 0 Å². The van der Waals surface area contributed by atoms with E-state index in [-0.39, 0.29) is 17.7 Å². The first kappa shape index (κ1) is 21.1. The lowest BCUT2D eigenvalue weighted by atomic mass is 9.95. The van der Waals surface area contributed by atoms with Gasteiger partial charge in [-0.15, -0.1) is 0 Å². The number of anilines is 2. The number of nitrogens with zero attached hydrogens (tertiary/aromatic N) is 1. The van der Waals surface area contributed by atoms with Gasteiger partial charge in [0.1, 0.15) is 0 Å². The van der Waals surface area contributed by atoms with Crippen LogP contribution in [0.2, 0.25) is 0 Å². The van der Waals surface area contributed by atoms with E-state index in [0.717, 1.165) is 37.3 Å². The molecular formula is C24H31N3O2. The third kappa shape index (κ3) is 5.67. The molecule has 0 aliphatic carbocycles. The van der Waals surface area contributed by atoms with E-state index < -0.39 is 0 Å². The standard InChI is InChI=1S/C24H31N3O2/c1-16-5-7-21(13-18(16)3)25-23(28)15-27-11-9-20(10-12-27)24(29)26-22-8-6-17(2)19(4)14-22/h5-8,13-14,20H,9-12,15H2,1-4H3,(H,25,28)(H,26,29). The quantitative estimate of drug-likeness (QED) is 0.800. The average molecular weight is 394 g/mol. The van der Waals surface area contributed by atoms with Crippen LogP contribution < -0.4 is 10.6 Å². The number of amides is 2. The second-order valence-electron chi connectivity index (χ2n) is 8.19. The van der Waals surface area contributed by atoms with Gasteiger partial charge in [-0.05, 0) is 100 Å². The number of rotatable bonds is 5. The zero-order chi connectivity index (χ0) is 21.0. The van der Waals surface area contributed by atoms with Gasteiger partial charge in [0.2, 0.25) is 11.8 Å². The topological polar surface area (TPSA) is 61.4 Å². The van der Waals surface area contributed by atoms with Crippen LogP contribution in [0.15, 0.2) is 36.4 Å². The van der Waals surface area contributed by atoms with Gasteiger partial charge in [0, 0.05) is 17.3 Å². The molecule has 5 heteroatoms. The van der Waals surface area contributed by atoms with Crippen molar-refractivity contribution in [3.63, 3.8) is 0 Å². The molecule has 1 aliphatic heterocycles. The van der Waals surface area contributed by atoms with Crippen molar-refractivity contribution in [2.24, 2.45) is 5.92 Å². The van der Waals surface area contributed by atoms with Crippen molar-refractivity contribution in [3.8, 4) is 0 Å². The number of hydrogen-bond donors (Lipinski definition) is 2. The molecule has 0 spiro atoms. The summed E-state index contributed by atoms with van der Waals surface area (Å²) in [5.41, 5.74) is 6.46. The largest absolute Gasteiger partial charge is 0.326 e. The Bertz CT molecular complexity index is 899. The summed E-state index contributed by atoms with van der Waals surface area (Å²) >= 11 is 0. The summed E-state index contributed by atoms with van der Waals surface area (Å²) in [5.74, 6) is 0.0643. The minimum atomic E-state index is -0.00807. The Morgan fingerprint density at radius 1 is 0.828 bits per heavy atom. The molecule has 3 rings (SSSR count). The molecule has 0 saturated carbocycles. The Hall–Kier alpha value is -2.66. The Morgan fingerprint density at radius 3 is 1.86 bits per heavy atom. The normalized spacial score (nSPS) is 15.2. The van der Waals surface area contributed by atoms with Gasteiger partial charge in [0.05, 0.1) is 6.54 Å². The molecule has 2 N–H and O–H groups in total. The van der Waals surface area contributed by atoms with E-state index in [4.69, 9.17) is 0 Å². The van der Waals surface area contributed by atoms with Gasteiger partial charge in [0.15, 0.2) is 0 Å². The van der Waals surface area contributed by atoms with Crippen LogP contribution in [0.25, 0.3) is 0 Å². The molecule has 1 saturated heterocycles. The van der Waals surface area contributed by atoms with Crippen molar-refractivity contribution in [1.82, 2.24) is 4.90 Å². The molecule has 1 fully saturated rings. The highest BCUT2D eigenvalue weighted by Gasteiger charge is 2.26. The van der Waals surface area contributed by atoms with Crippen LogP contribution in [0.3, 0.4) is 0 Å². The SMILES string of the molecule is Cc1ccc(NC(=O)CN2CCC(C(=O)Nc3ccc(C)c(C)c3)CC2)cc1C. The maximum absolute atomic E-state index is 12.6. The highest BCUT2D eigenvalue weighted by Crippen LogP contribution is 2.21. The molecule has 2 aromatic carbocycles. The predicted molar refractivity (Wildman–Crippen MR) is 118 cm³/mol. The number of carbonyl (C=O) groups is 2. The number of piperidine rings is 1. The first-order valence-corrected chi connectivity index (χ1v) is 10.3. The Kier molecular flexibility index (Phi) is 6.70. The smallest absolute Gasteiger partial charge is 0.238 e. The Morgan fingerprint density at radius 2 is 1.34 bits per heavy atom. The van der Waals surface area contributed by atoms with Gasteiger partial charge < -0.3 is 10.6 Å². The molecule has 2 amide bonds. The molecular weight excluding hydrogens is 362 g/mol. The van der Waals surface area contributed by atoms with Gasteiger partial charge in [-0.1, -0.05) is 12.1 Å². The lowest BCUT2D eigenvalue weighted by Gasteiger charge is -2.30. The highest BCUT2D eigenvalue weighted by molar-refractivity contribution is 5.93. The molecule has 1 aliphatic rings. The van der Waals surface area contributed by atoms with E-state index in [1.165, 1.54) is 22.3 Å². The number of benzene rings is 2. The second kappa shape index (κ2) is 9.23. The van der Waals surface area contributed by atoms with Crippen LogP contribution >= 0.6 is 0 Å². The number of carbonyl (C=O) groups excluding carboxylic acids is 2. The summed E-state index contributed by atoms with van der Waals surface area (Å²) in [6, 6.07) is 11.9. The van der Waals surface area contributed by atoms with Crippen molar-refractivity contribution in [2.45, 2.75) is 40.5 Å². The lowest BCUT2D eigenvalue weighted by molar-refractivity contribution is -0.121. The molecule has 0 unspecified atom stereocenters. The number of aryl methyl sites for hydroxylation is 4. The first-order chi connectivity index (χ1) is 13.8. The fraction of sp³-hybridized carbons (Fsp3) is 0.417. The fourth-order valence-electron chi connectivity index (χ4n) is 3.64. The minimum Gasteiger partial charge on any atom is -0.326 e. The monoisotopic (exact) mass is 393 g/mol. The van der Waals surface area contributed by atoms with E-state index >= 15 is 0 Å². The number of hydrogen-bond acceptors (Lipinski definition) is 3. The van der Waals surface area contributed by atoms with E-state index in [1.54, 1.807) is 0 Å². The molecule has 0 bridgehead atoms. The number of likely N-dealkylation sites (tertiary alicyclic amines) is 1. The summed E-state index contributed by atoms with van der Waals surface area (Å²) in [7, 11) is 0. The van der Waals surface area contributed by atoms with Crippen LogP contribution in [0, 0.1) is 33.6 Å². The summed E-state index contributed by atoms with van der Waals surface area (Å²) in [4.78, 5) is 27.1. The maximum atomic E-state index is 12.6. The molecule has 5 nitrogen and oxygen atoms in total. The van der Waals surface area contributed by atoms with Crippen LogP contribution in [-0.2, 0) is 9.59 Å². The number of nitrogens with one attached hydrogen (secondary N) is 2. The van der Waals surface area contributed by atoms with Gasteiger partial charge in [-0.3, -0.25) is 14.5 Å². The van der Waals surface area contributed by atoms with E-state index in [0.29, 0.717) is 6.54 Å². The fourth-order valence-corrected chi connectivity index (χ4v) is 3.64. The van der Waals surface area contributed by atoms with Gasteiger partial charge in [-0.25, -0.2) is 0 Å². The molecule has 1 heterocycles. The predicted octanol–water partition coefficient (Wildman–Crippen LogP) is 4.21. The molecule has 0 radical (unpaired) electrons. The molecule has 154 valence electrons. The highest BCUT2D eigenvalue weighted by atomic mass is 16.2. The maximum Gasteiger partial charge on any atom is 0.238 e. The molecule has 0 atom stereocenters. The minimum absolute atomic E-state index is 0.00401. The average Bonchev–Trinajstić information content (AvgIpc) is 2.68. The zero-order valence-electron chi connectivity index (χ0n) is 17.8. The van der Waals surface area contributed by atoms with Gasteiger partial charge >= 0.3 is 0 Å². The summed E-state index contributed by atoms with van der Waals surface area (Å²) < 4.78 is 0. The van der Waals surface area contributed by atoms with Crippen molar-refractivity contribution >= 4 is 23.2 Å². The van der Waals surface area contributed by atoms with Crippen LogP contribution in [0.5, 0.6) is 0 Å². The van der Waals surface area contributed by atoms with Crippen molar-refractivity contribution in [3.05, 3.63) is 58.7 Å². The van der Waals surface area contributed by atoms with Crippen molar-refractivity contribution in [1.29, 1.82) is 0 Å². The molecule has 0 aromatic heterocycles. The molecule has 2 aromatic rings. The van der Waals surface area contributed by atoms with Crippen molar-refractivity contribution < 1.29 is 9.59 Å². The Balaban J connectivity index is 1.45. The molecule has 29 heavy (non-hydrogen) atoms. The second-order valence-corrected chi connectivity index (χ2v) is 8.19. The summed E-state index contributed by atoms with van der Waals surface area (Å²) in [6.45, 7) is 10.1. The van der Waals surface area contributed by atoms with Crippen LogP contribution in [0.1, 0.15) is 35.1 Å². The summed E-state index contributed by atoms with van der Waals surface area (Å²) in [5, 5.41) is 6.01. The lowest BCUT2D eigenvalue weighted by Crippen LogP contribution is -2.41. The van der Waals surface area contributed by atoms with E-state index in [1.807, 2.05) is 50.2 Å². The van der Waals surface area contributed by atoms with Crippen LogP contribution in [-0.4, -0.2) is 36.3 Å². The Labute approximate surface area is 173 Å². The third-order valence-electron chi connectivity index (χ3n) is 5.89.